The van der Waals surface area contributed by atoms with Crippen LogP contribution in [0.2, 0.25) is 0 Å². The Balaban J connectivity index is 1.52. The highest BCUT2D eigenvalue weighted by Gasteiger charge is 2.27. The molecular formula is C22H35N5O2. The third-order valence-corrected chi connectivity index (χ3v) is 6.20. The average molecular weight is 402 g/mol. The molecule has 2 aliphatic heterocycles. The Labute approximate surface area is 174 Å². The van der Waals surface area contributed by atoms with E-state index in [4.69, 9.17) is 0 Å². The zero-order chi connectivity index (χ0) is 20.6. The molecule has 1 atom stereocenters. The van der Waals surface area contributed by atoms with E-state index < -0.39 is 0 Å². The van der Waals surface area contributed by atoms with Crippen LogP contribution in [0.15, 0.2) is 24.3 Å². The quantitative estimate of drug-likeness (QED) is 0.626. The minimum atomic E-state index is -0.162. The predicted octanol–water partition coefficient (Wildman–Crippen LogP) is 2.64. The first-order valence-electron chi connectivity index (χ1n) is 11.0. The van der Waals surface area contributed by atoms with Gasteiger partial charge in [-0.2, -0.15) is 0 Å². The van der Waals surface area contributed by atoms with Crippen molar-refractivity contribution in [1.82, 2.24) is 15.5 Å². The van der Waals surface area contributed by atoms with Crippen molar-refractivity contribution in [2.45, 2.75) is 45.6 Å². The lowest BCUT2D eigenvalue weighted by atomic mass is 9.93. The summed E-state index contributed by atoms with van der Waals surface area (Å²) in [6, 6.07) is 7.92. The van der Waals surface area contributed by atoms with E-state index in [9.17, 15) is 9.59 Å². The van der Waals surface area contributed by atoms with Crippen molar-refractivity contribution in [3.63, 3.8) is 0 Å². The number of carbonyl (C=O) groups is 2. The Morgan fingerprint density at radius 3 is 2.41 bits per heavy atom. The van der Waals surface area contributed by atoms with Gasteiger partial charge in [0, 0.05) is 37.1 Å². The van der Waals surface area contributed by atoms with Gasteiger partial charge in [-0.1, -0.05) is 26.7 Å². The number of hydrogen-bond donors (Lipinski definition) is 3. The van der Waals surface area contributed by atoms with Gasteiger partial charge in [0.1, 0.15) is 0 Å². The zero-order valence-corrected chi connectivity index (χ0v) is 17.7. The van der Waals surface area contributed by atoms with Gasteiger partial charge in [-0.3, -0.25) is 9.69 Å². The summed E-state index contributed by atoms with van der Waals surface area (Å²) in [5, 5.41) is 8.85. The number of piperazine rings is 1. The lowest BCUT2D eigenvalue weighted by Crippen LogP contribution is -2.47. The second-order valence-corrected chi connectivity index (χ2v) is 8.04. The lowest BCUT2D eigenvalue weighted by molar-refractivity contribution is -0.120. The van der Waals surface area contributed by atoms with Crippen molar-refractivity contribution in [1.29, 1.82) is 0 Å². The number of carbonyl (C=O) groups excluding carboxylic acids is 2. The first-order valence-corrected chi connectivity index (χ1v) is 11.0. The molecule has 0 bridgehead atoms. The second kappa shape index (κ2) is 10.5. The normalized spacial score (nSPS) is 18.6. The van der Waals surface area contributed by atoms with E-state index in [0.29, 0.717) is 31.6 Å². The number of rotatable bonds is 8. The summed E-state index contributed by atoms with van der Waals surface area (Å²) in [6.45, 7) is 9.28. The van der Waals surface area contributed by atoms with E-state index in [0.717, 1.165) is 43.9 Å². The summed E-state index contributed by atoms with van der Waals surface area (Å²) in [5.74, 6) is 0.650. The van der Waals surface area contributed by atoms with Gasteiger partial charge in [0.15, 0.2) is 0 Å². The minimum absolute atomic E-state index is 0.0443. The maximum Gasteiger partial charge on any atom is 0.319 e. The number of benzene rings is 1. The Hall–Kier alpha value is -2.28. The highest BCUT2D eigenvalue weighted by Crippen LogP contribution is 2.23. The summed E-state index contributed by atoms with van der Waals surface area (Å²) in [7, 11) is 0. The summed E-state index contributed by atoms with van der Waals surface area (Å²) in [4.78, 5) is 28.6. The van der Waals surface area contributed by atoms with Gasteiger partial charge in [-0.15, -0.1) is 0 Å². The van der Waals surface area contributed by atoms with Crippen LogP contribution in [0.3, 0.4) is 0 Å². The number of nitrogens with one attached hydrogen (secondary N) is 3. The van der Waals surface area contributed by atoms with Crippen LogP contribution in [-0.2, 0) is 4.79 Å². The highest BCUT2D eigenvalue weighted by atomic mass is 16.2. The fourth-order valence-electron chi connectivity index (χ4n) is 4.49. The minimum Gasteiger partial charge on any atom is -0.360 e. The van der Waals surface area contributed by atoms with Crippen molar-refractivity contribution in [3.8, 4) is 0 Å². The largest absolute Gasteiger partial charge is 0.360 e. The molecule has 3 rings (SSSR count). The first kappa shape index (κ1) is 21.4. The maximum absolute atomic E-state index is 12.5. The SMILES string of the molecule is CCC(CC)[C@@H](CNC(=O)Nc1ccc(N2CCNC(=O)C2)cc1)N1CCCC1. The molecule has 0 saturated carbocycles. The lowest BCUT2D eigenvalue weighted by Gasteiger charge is -2.33. The van der Waals surface area contributed by atoms with Crippen molar-refractivity contribution in [3.05, 3.63) is 24.3 Å². The van der Waals surface area contributed by atoms with Gasteiger partial charge in [0.05, 0.1) is 6.54 Å². The van der Waals surface area contributed by atoms with Crippen LogP contribution >= 0.6 is 0 Å². The molecule has 1 aromatic carbocycles. The van der Waals surface area contributed by atoms with Gasteiger partial charge >= 0.3 is 6.03 Å². The van der Waals surface area contributed by atoms with E-state index in [1.807, 2.05) is 29.2 Å². The van der Waals surface area contributed by atoms with Gasteiger partial charge < -0.3 is 20.9 Å². The molecule has 2 saturated heterocycles. The third kappa shape index (κ3) is 5.85. The summed E-state index contributed by atoms with van der Waals surface area (Å²) < 4.78 is 0. The molecule has 0 aromatic heterocycles. The van der Waals surface area contributed by atoms with Crippen LogP contribution in [0.4, 0.5) is 16.2 Å². The Morgan fingerprint density at radius 1 is 1.10 bits per heavy atom. The summed E-state index contributed by atoms with van der Waals surface area (Å²) in [6.07, 6.45) is 4.79. The number of anilines is 2. The van der Waals surface area contributed by atoms with Crippen LogP contribution in [0, 0.1) is 5.92 Å². The number of amides is 3. The number of nitrogens with zero attached hydrogens (tertiary/aromatic N) is 2. The molecule has 0 spiro atoms. The average Bonchev–Trinajstić information content (AvgIpc) is 3.26. The molecule has 7 nitrogen and oxygen atoms in total. The fraction of sp³-hybridized carbons (Fsp3) is 0.636. The predicted molar refractivity (Wildman–Crippen MR) is 117 cm³/mol. The van der Waals surface area contributed by atoms with Gasteiger partial charge in [0.25, 0.3) is 0 Å². The molecule has 3 N–H and O–H groups in total. The van der Waals surface area contributed by atoms with Crippen molar-refractivity contribution >= 4 is 23.3 Å². The number of urea groups is 1. The number of likely N-dealkylation sites (tertiary alicyclic amines) is 1. The van der Waals surface area contributed by atoms with Gasteiger partial charge in [-0.25, -0.2) is 4.79 Å². The van der Waals surface area contributed by atoms with E-state index in [-0.39, 0.29) is 11.9 Å². The molecule has 2 fully saturated rings. The molecule has 7 heteroatoms. The molecule has 160 valence electrons. The molecule has 29 heavy (non-hydrogen) atoms. The standard InChI is InChI=1S/C22H35N5O2/c1-3-17(4-2)20(26-12-5-6-13-26)15-24-22(29)25-18-7-9-19(10-8-18)27-14-11-23-21(28)16-27/h7-10,17,20H,3-6,11-16H2,1-2H3,(H,23,28)(H2,24,25,29)/t20-/m1/s1. The van der Waals surface area contributed by atoms with E-state index in [1.165, 1.54) is 12.8 Å². The molecule has 0 unspecified atom stereocenters. The van der Waals surface area contributed by atoms with E-state index >= 15 is 0 Å². The topological polar surface area (TPSA) is 76.7 Å². The van der Waals surface area contributed by atoms with Crippen LogP contribution in [0.25, 0.3) is 0 Å². The fourth-order valence-corrected chi connectivity index (χ4v) is 4.49. The summed E-state index contributed by atoms with van der Waals surface area (Å²) >= 11 is 0. The third-order valence-electron chi connectivity index (χ3n) is 6.20. The molecule has 3 amide bonds. The molecule has 0 radical (unpaired) electrons. The first-order chi connectivity index (χ1) is 14.1. The highest BCUT2D eigenvalue weighted by molar-refractivity contribution is 5.89. The number of hydrogen-bond acceptors (Lipinski definition) is 4. The van der Waals surface area contributed by atoms with Crippen molar-refractivity contribution in [2.75, 3.05) is 49.5 Å². The van der Waals surface area contributed by atoms with Crippen molar-refractivity contribution < 1.29 is 9.59 Å². The molecule has 0 aliphatic carbocycles. The Morgan fingerprint density at radius 2 is 1.79 bits per heavy atom. The summed E-state index contributed by atoms with van der Waals surface area (Å²) in [5.41, 5.74) is 1.75. The maximum atomic E-state index is 12.5. The molecular weight excluding hydrogens is 366 g/mol. The smallest absolute Gasteiger partial charge is 0.319 e. The van der Waals surface area contributed by atoms with Gasteiger partial charge in [-0.05, 0) is 56.1 Å². The van der Waals surface area contributed by atoms with Gasteiger partial charge in [0.2, 0.25) is 5.91 Å². The molecule has 2 aliphatic rings. The second-order valence-electron chi connectivity index (χ2n) is 8.04. The molecule has 2 heterocycles. The Kier molecular flexibility index (Phi) is 7.75. The molecule has 1 aromatic rings. The van der Waals surface area contributed by atoms with E-state index in [1.54, 1.807) is 0 Å². The zero-order valence-electron chi connectivity index (χ0n) is 17.7. The van der Waals surface area contributed by atoms with Crippen LogP contribution < -0.4 is 20.9 Å². The van der Waals surface area contributed by atoms with E-state index in [2.05, 4.69) is 34.7 Å². The van der Waals surface area contributed by atoms with Crippen LogP contribution in [-0.4, -0.2) is 62.1 Å². The Bertz CT molecular complexity index is 666. The monoisotopic (exact) mass is 401 g/mol. The van der Waals surface area contributed by atoms with Crippen LogP contribution in [0.5, 0.6) is 0 Å². The van der Waals surface area contributed by atoms with Crippen LogP contribution in [0.1, 0.15) is 39.5 Å². The van der Waals surface area contributed by atoms with Crippen molar-refractivity contribution in [2.24, 2.45) is 5.92 Å².